The number of fused-ring (bicyclic) bond motifs is 1. The first-order chi connectivity index (χ1) is 14.2. The van der Waals surface area contributed by atoms with E-state index in [0.717, 1.165) is 21.7 Å². The molecule has 29 heavy (non-hydrogen) atoms. The fourth-order valence-corrected chi connectivity index (χ4v) is 3.61. The molecule has 2 N–H and O–H groups in total. The number of hydrogen-bond acceptors (Lipinski definition) is 6. The van der Waals surface area contributed by atoms with Gasteiger partial charge in [-0.05, 0) is 36.6 Å². The van der Waals surface area contributed by atoms with Crippen molar-refractivity contribution in [3.8, 4) is 0 Å². The first-order valence-corrected chi connectivity index (χ1v) is 10.4. The first kappa shape index (κ1) is 20.7. The Morgan fingerprint density at radius 2 is 2.03 bits per heavy atom. The monoisotopic (exact) mass is 408 g/mol. The lowest BCUT2D eigenvalue weighted by Crippen LogP contribution is -2.40. The number of para-hydroxylation sites is 1. The minimum atomic E-state index is -0.263. The molecule has 0 bridgehead atoms. The maximum atomic E-state index is 12.6. The van der Waals surface area contributed by atoms with Crippen molar-refractivity contribution in [3.05, 3.63) is 78.0 Å². The second-order valence-corrected chi connectivity index (χ2v) is 7.03. The van der Waals surface area contributed by atoms with Crippen LogP contribution in [-0.4, -0.2) is 23.3 Å². The Morgan fingerprint density at radius 3 is 2.79 bits per heavy atom. The molecule has 7 heteroatoms. The third kappa shape index (κ3) is 5.06. The average molecular weight is 409 g/mol. The van der Waals surface area contributed by atoms with Gasteiger partial charge in [0.15, 0.2) is 0 Å². The molecule has 0 fully saturated rings. The molecule has 1 amide bonds. The van der Waals surface area contributed by atoms with Crippen molar-refractivity contribution < 1.29 is 9.21 Å². The summed E-state index contributed by atoms with van der Waals surface area (Å²) in [6, 6.07) is 15.8. The number of hydrogen-bond donors (Lipinski definition) is 2. The smallest absolute Gasteiger partial charge is 0.287 e. The van der Waals surface area contributed by atoms with Gasteiger partial charge < -0.3 is 14.5 Å². The average Bonchev–Trinajstić information content (AvgIpc) is 3.29. The van der Waals surface area contributed by atoms with Gasteiger partial charge in [0.2, 0.25) is 11.7 Å². The van der Waals surface area contributed by atoms with Crippen LogP contribution in [0.5, 0.6) is 0 Å². The summed E-state index contributed by atoms with van der Waals surface area (Å²) in [7, 11) is 0. The summed E-state index contributed by atoms with van der Waals surface area (Å²) in [6.45, 7) is 6.39. The maximum absolute atomic E-state index is 12.6. The van der Waals surface area contributed by atoms with Crippen LogP contribution < -0.4 is 10.0 Å². The Balaban J connectivity index is 0.00000117. The predicted molar refractivity (Wildman–Crippen MR) is 116 cm³/mol. The Kier molecular flexibility index (Phi) is 7.08. The van der Waals surface area contributed by atoms with Crippen LogP contribution in [0.2, 0.25) is 0 Å². The van der Waals surface area contributed by atoms with Gasteiger partial charge in [-0.1, -0.05) is 55.8 Å². The molecule has 0 radical (unpaired) electrons. The summed E-state index contributed by atoms with van der Waals surface area (Å²) in [4.78, 5) is 22.3. The van der Waals surface area contributed by atoms with Crippen LogP contribution in [0.25, 0.3) is 0 Å². The zero-order valence-electron chi connectivity index (χ0n) is 16.7. The van der Waals surface area contributed by atoms with Crippen molar-refractivity contribution in [3.63, 3.8) is 0 Å². The Labute approximate surface area is 175 Å². The molecule has 1 atom stereocenters. The summed E-state index contributed by atoms with van der Waals surface area (Å²) in [5, 5.41) is 2.94. The number of carbonyl (C=O) groups is 1. The number of aromatic nitrogens is 1. The van der Waals surface area contributed by atoms with Crippen LogP contribution in [0, 0.1) is 6.92 Å². The number of benzene rings is 2. The van der Waals surface area contributed by atoms with Crippen molar-refractivity contribution >= 4 is 29.4 Å². The number of amides is 1. The topological polar surface area (TPSA) is 79.5 Å². The highest BCUT2D eigenvalue weighted by molar-refractivity contribution is 7.98. The zero-order chi connectivity index (χ0) is 20.6. The van der Waals surface area contributed by atoms with Gasteiger partial charge in [0.25, 0.3) is 5.91 Å². The van der Waals surface area contributed by atoms with E-state index in [1.807, 2.05) is 63.2 Å². The van der Waals surface area contributed by atoms with Gasteiger partial charge in [0.1, 0.15) is 6.26 Å². The number of aliphatic imine (C=N–C) groups is 1. The number of carbonyl (C=O) groups excluding carboxylic acids is 1. The molecule has 0 aliphatic carbocycles. The molecule has 4 rings (SSSR count). The lowest BCUT2D eigenvalue weighted by Gasteiger charge is -2.18. The minimum absolute atomic E-state index is 0.173. The molecule has 0 saturated carbocycles. The lowest BCUT2D eigenvalue weighted by molar-refractivity contribution is -0.115. The van der Waals surface area contributed by atoms with Gasteiger partial charge in [-0.3, -0.25) is 4.79 Å². The van der Waals surface area contributed by atoms with E-state index in [2.05, 4.69) is 26.1 Å². The van der Waals surface area contributed by atoms with Crippen molar-refractivity contribution in [1.29, 1.82) is 0 Å². The number of rotatable bonds is 5. The standard InChI is InChI=1S/C20H18N4O2S.C2H6/c1-13-5-4-6-14(11-13)15(20-21-9-10-26-20)12-22-19(25)18-23-16-7-2-3-8-17(16)27-24-18;1-2/h2-11,15H,12H2,1H3,(H,22,25)(H,23,24);1-2H3. The fourth-order valence-electron chi connectivity index (χ4n) is 2.90. The van der Waals surface area contributed by atoms with Crippen LogP contribution in [0.15, 0.2) is 75.3 Å². The molecule has 2 aromatic carbocycles. The van der Waals surface area contributed by atoms with E-state index in [4.69, 9.17) is 4.42 Å². The van der Waals surface area contributed by atoms with E-state index in [0.29, 0.717) is 12.4 Å². The molecular weight excluding hydrogens is 384 g/mol. The summed E-state index contributed by atoms with van der Waals surface area (Å²) in [6.07, 6.45) is 3.15. The number of oxazole rings is 1. The lowest BCUT2D eigenvalue weighted by atomic mass is 9.97. The van der Waals surface area contributed by atoms with Gasteiger partial charge in [0, 0.05) is 6.54 Å². The molecule has 2 heterocycles. The summed E-state index contributed by atoms with van der Waals surface area (Å²) < 4.78 is 8.50. The Bertz CT molecular complexity index is 986. The molecule has 1 aromatic heterocycles. The van der Waals surface area contributed by atoms with E-state index < -0.39 is 0 Å². The number of amidine groups is 1. The molecule has 150 valence electrons. The molecule has 1 unspecified atom stereocenters. The summed E-state index contributed by atoms with van der Waals surface area (Å²) in [5.74, 6) is 0.419. The van der Waals surface area contributed by atoms with E-state index in [1.165, 1.54) is 11.9 Å². The Morgan fingerprint density at radius 1 is 1.21 bits per heavy atom. The van der Waals surface area contributed by atoms with E-state index in [-0.39, 0.29) is 17.7 Å². The molecule has 0 saturated heterocycles. The van der Waals surface area contributed by atoms with Crippen molar-refractivity contribution in [2.45, 2.75) is 31.6 Å². The van der Waals surface area contributed by atoms with Gasteiger partial charge >= 0.3 is 0 Å². The summed E-state index contributed by atoms with van der Waals surface area (Å²) in [5.41, 5.74) is 2.96. The quantitative estimate of drug-likeness (QED) is 0.603. The van der Waals surface area contributed by atoms with Gasteiger partial charge in [-0.2, -0.15) is 0 Å². The predicted octanol–water partition coefficient (Wildman–Crippen LogP) is 4.60. The van der Waals surface area contributed by atoms with Crippen LogP contribution >= 0.6 is 11.9 Å². The first-order valence-electron chi connectivity index (χ1n) is 9.55. The van der Waals surface area contributed by atoms with Crippen LogP contribution in [0.4, 0.5) is 5.69 Å². The maximum Gasteiger partial charge on any atom is 0.287 e. The van der Waals surface area contributed by atoms with E-state index >= 15 is 0 Å². The number of nitrogens with zero attached hydrogens (tertiary/aromatic N) is 2. The molecule has 6 nitrogen and oxygen atoms in total. The van der Waals surface area contributed by atoms with Crippen LogP contribution in [-0.2, 0) is 4.79 Å². The third-order valence-electron chi connectivity index (χ3n) is 4.23. The normalized spacial score (nSPS) is 13.1. The molecule has 1 aliphatic rings. The van der Waals surface area contributed by atoms with Gasteiger partial charge in [-0.25, -0.2) is 9.98 Å². The van der Waals surface area contributed by atoms with Crippen LogP contribution in [0.1, 0.15) is 36.8 Å². The highest BCUT2D eigenvalue weighted by Crippen LogP contribution is 2.30. The second-order valence-electron chi connectivity index (χ2n) is 6.18. The second kappa shape index (κ2) is 9.93. The van der Waals surface area contributed by atoms with Crippen LogP contribution in [0.3, 0.4) is 0 Å². The molecule has 3 aromatic rings. The zero-order valence-corrected chi connectivity index (χ0v) is 17.5. The Hall–Kier alpha value is -3.06. The third-order valence-corrected chi connectivity index (χ3v) is 5.09. The number of nitrogens with one attached hydrogen (secondary N) is 2. The van der Waals surface area contributed by atoms with Crippen molar-refractivity contribution in [1.82, 2.24) is 15.0 Å². The van der Waals surface area contributed by atoms with E-state index in [1.54, 1.807) is 12.5 Å². The van der Waals surface area contributed by atoms with Crippen molar-refractivity contribution in [2.75, 3.05) is 6.54 Å². The minimum Gasteiger partial charge on any atom is -0.448 e. The van der Waals surface area contributed by atoms with Gasteiger partial charge in [-0.15, -0.1) is 0 Å². The summed E-state index contributed by atoms with van der Waals surface area (Å²) >= 11 is 1.38. The SMILES string of the molecule is CC.Cc1cccc(C(CNC(=O)C2=Nc3ccccc3SN2)c2ncco2)c1. The highest BCUT2D eigenvalue weighted by atomic mass is 32.2. The molecular formula is C22H24N4O2S. The van der Waals surface area contributed by atoms with Gasteiger partial charge in [0.05, 0.1) is 22.7 Å². The van der Waals surface area contributed by atoms with Crippen molar-refractivity contribution in [2.24, 2.45) is 4.99 Å². The highest BCUT2D eigenvalue weighted by Gasteiger charge is 2.23. The number of aryl methyl sites for hydroxylation is 1. The molecule has 1 aliphatic heterocycles. The fraction of sp³-hybridized carbons (Fsp3) is 0.227. The van der Waals surface area contributed by atoms with E-state index in [9.17, 15) is 4.79 Å². The molecule has 0 spiro atoms. The largest absolute Gasteiger partial charge is 0.448 e.